The van der Waals surface area contributed by atoms with Crippen molar-refractivity contribution in [3.05, 3.63) is 91.0 Å². The van der Waals surface area contributed by atoms with Crippen LogP contribution < -0.4 is 15.9 Å². The summed E-state index contributed by atoms with van der Waals surface area (Å²) < 4.78 is 43.1. The highest BCUT2D eigenvalue weighted by atomic mass is 32.1. The van der Waals surface area contributed by atoms with Crippen LogP contribution in [0.3, 0.4) is 0 Å². The van der Waals surface area contributed by atoms with Crippen molar-refractivity contribution in [1.82, 2.24) is 0 Å². The molecule has 0 spiro atoms. The van der Waals surface area contributed by atoms with Crippen LogP contribution in [-0.4, -0.2) is 9.23 Å². The summed E-state index contributed by atoms with van der Waals surface area (Å²) in [6.07, 6.45) is 0. The summed E-state index contributed by atoms with van der Waals surface area (Å²) in [5.41, 5.74) is 0. The molecule has 0 aliphatic heterocycles. The zero-order valence-electron chi connectivity index (χ0n) is 14.0. The van der Waals surface area contributed by atoms with Crippen molar-refractivity contribution in [2.45, 2.75) is 0 Å². The first-order chi connectivity index (χ1) is 12.9. The third-order valence-electron chi connectivity index (χ3n) is 4.18. The van der Waals surface area contributed by atoms with Crippen LogP contribution in [-0.2, 0) is 0 Å². The van der Waals surface area contributed by atoms with Crippen LogP contribution in [0.15, 0.2) is 91.0 Å². The van der Waals surface area contributed by atoms with Gasteiger partial charge in [0, 0.05) is 19.5 Å². The van der Waals surface area contributed by atoms with Gasteiger partial charge in [0.1, 0.15) is 4.20 Å². The number of hydrogen-bond acceptors (Lipinski definition) is 1. The Bertz CT molecular complexity index is 883. The second kappa shape index (κ2) is 8.32. The lowest BCUT2D eigenvalue weighted by Gasteiger charge is -2.29. The second-order valence-electron chi connectivity index (χ2n) is 5.75. The van der Waals surface area contributed by atoms with Crippen molar-refractivity contribution in [3.63, 3.8) is 0 Å². The molecule has 0 bridgehead atoms. The number of rotatable bonds is 5. The smallest absolute Gasteiger partial charge is 0.128 e. The quantitative estimate of drug-likeness (QED) is 0.287. The summed E-state index contributed by atoms with van der Waals surface area (Å²) in [6.45, 7) is -3.22. The van der Waals surface area contributed by atoms with Gasteiger partial charge in [-0.05, 0) is 15.9 Å². The summed E-state index contributed by atoms with van der Waals surface area (Å²) in [6, 6.07) is 26.6. The van der Waals surface area contributed by atoms with Crippen LogP contribution in [0, 0.1) is 0 Å². The molecule has 7 heteroatoms. The lowest BCUT2D eigenvalue weighted by molar-refractivity contribution is 0.615. The minimum absolute atomic E-state index is 0.374. The maximum Gasteiger partial charge on any atom is 0.604 e. The summed E-state index contributed by atoms with van der Waals surface area (Å²) in [5.74, 6) is 0. The van der Waals surface area contributed by atoms with E-state index in [0.717, 1.165) is 0 Å². The van der Waals surface area contributed by atoms with Gasteiger partial charge >= 0.3 is 8.19 Å². The normalized spacial score (nSPS) is 11.9. The molecular formula is C20H16F3P2S2+. The van der Waals surface area contributed by atoms with Crippen LogP contribution in [0.2, 0.25) is 0 Å². The zero-order valence-corrected chi connectivity index (χ0v) is 17.5. The van der Waals surface area contributed by atoms with Crippen molar-refractivity contribution in [3.8, 4) is 0 Å². The summed E-state index contributed by atoms with van der Waals surface area (Å²) in [4.78, 5) is 0. The molecule has 0 aliphatic rings. The first-order valence-electron chi connectivity index (χ1n) is 8.03. The molecule has 0 nitrogen and oxygen atoms in total. The van der Waals surface area contributed by atoms with Crippen LogP contribution in [0.4, 0.5) is 12.6 Å². The summed E-state index contributed by atoms with van der Waals surface area (Å²) in [5, 5.41) is 1.21. The van der Waals surface area contributed by atoms with Gasteiger partial charge in [0.05, 0.1) is 0 Å². The van der Waals surface area contributed by atoms with Crippen molar-refractivity contribution in [2.75, 3.05) is 0 Å². The molecule has 3 aromatic rings. The Hall–Kier alpha value is -1.38. The molecule has 0 N–H and O–H groups in total. The molecule has 0 atom stereocenters. The Labute approximate surface area is 168 Å². The van der Waals surface area contributed by atoms with Crippen molar-refractivity contribution >= 4 is 65.1 Å². The molecule has 0 heterocycles. The topological polar surface area (TPSA) is 0 Å². The first-order valence-corrected chi connectivity index (χ1v) is 12.1. The van der Waals surface area contributed by atoms with E-state index in [1.165, 1.54) is 0 Å². The predicted octanol–water partition coefficient (Wildman–Crippen LogP) is 6.04. The summed E-state index contributed by atoms with van der Waals surface area (Å²) >= 11 is 9.14. The van der Waals surface area contributed by atoms with Gasteiger partial charge in [-0.1, -0.05) is 103 Å². The standard InChI is InChI=1S/C20H15F3P2S2/c21-25(22,23)19(20(26)27)24(16-10-4-1-5-11-16,17-12-6-2-7-13-17)18-14-8-3-9-15-18/h1-15H/p+1. The monoisotopic (exact) mass is 439 g/mol. The third kappa shape index (κ3) is 3.93. The molecule has 0 saturated heterocycles. The molecule has 3 rings (SSSR count). The molecule has 27 heavy (non-hydrogen) atoms. The van der Waals surface area contributed by atoms with Crippen molar-refractivity contribution < 1.29 is 12.6 Å². The molecule has 0 fully saturated rings. The molecule has 3 aromatic carbocycles. The average molecular weight is 439 g/mol. The van der Waals surface area contributed by atoms with Gasteiger partial charge in [-0.25, -0.2) is 0 Å². The van der Waals surface area contributed by atoms with Crippen LogP contribution in [0.1, 0.15) is 0 Å². The maximum absolute atomic E-state index is 14.5. The third-order valence-corrected chi connectivity index (χ3v) is 11.6. The van der Waals surface area contributed by atoms with Gasteiger partial charge in [-0.15, -0.1) is 12.6 Å². The lowest BCUT2D eigenvalue weighted by atomic mass is 10.4. The highest BCUT2D eigenvalue weighted by molar-refractivity contribution is 8.23. The van der Waals surface area contributed by atoms with Crippen molar-refractivity contribution in [1.29, 1.82) is 0 Å². The number of benzene rings is 3. The minimum Gasteiger partial charge on any atom is -0.128 e. The van der Waals surface area contributed by atoms with Crippen LogP contribution >= 0.6 is 39.9 Å². The van der Waals surface area contributed by atoms with Gasteiger partial charge < -0.3 is 0 Å². The zero-order chi connectivity index (χ0) is 19.5. The minimum atomic E-state index is -5.95. The maximum atomic E-state index is 14.5. The Kier molecular flexibility index (Phi) is 6.28. The molecule has 0 amide bonds. The van der Waals surface area contributed by atoms with E-state index >= 15 is 0 Å². The van der Waals surface area contributed by atoms with Crippen LogP contribution in [0.25, 0.3) is 0 Å². The molecule has 0 unspecified atom stereocenters. The van der Waals surface area contributed by atoms with Gasteiger partial charge in [-0.2, -0.15) is 0 Å². The second-order valence-corrected chi connectivity index (χ2v) is 11.9. The lowest BCUT2D eigenvalue weighted by Crippen LogP contribution is -2.31. The van der Waals surface area contributed by atoms with E-state index in [-0.39, 0.29) is 4.20 Å². The van der Waals surface area contributed by atoms with E-state index in [0.29, 0.717) is 15.9 Å². The van der Waals surface area contributed by atoms with Gasteiger partial charge in [-0.3, -0.25) is 0 Å². The molecule has 0 saturated carbocycles. The Morgan fingerprint density at radius 1 is 0.667 bits per heavy atom. The van der Waals surface area contributed by atoms with Gasteiger partial charge in [0.25, 0.3) is 0 Å². The molecule has 138 valence electrons. The highest BCUT2D eigenvalue weighted by Gasteiger charge is 2.57. The van der Waals surface area contributed by atoms with Gasteiger partial charge in [0.2, 0.25) is 5.03 Å². The Morgan fingerprint density at radius 2 is 0.963 bits per heavy atom. The van der Waals surface area contributed by atoms with E-state index in [1.54, 1.807) is 91.0 Å². The first kappa shape index (κ1) is 20.4. The number of thiocarbonyl (C=S) groups is 1. The van der Waals surface area contributed by atoms with E-state index in [9.17, 15) is 12.6 Å². The Balaban J connectivity index is 2.66. The number of halogens is 3. The summed E-state index contributed by atoms with van der Waals surface area (Å²) in [7, 11) is -5.95. The van der Waals surface area contributed by atoms with E-state index in [2.05, 4.69) is 12.6 Å². The molecular weight excluding hydrogens is 423 g/mol. The van der Waals surface area contributed by atoms with E-state index in [4.69, 9.17) is 12.2 Å². The highest BCUT2D eigenvalue weighted by Crippen LogP contribution is 2.72. The fourth-order valence-corrected chi connectivity index (χ4v) is 11.1. The Morgan fingerprint density at radius 3 is 1.19 bits per heavy atom. The predicted molar refractivity (Wildman–Crippen MR) is 122 cm³/mol. The molecule has 0 aliphatic carbocycles. The number of hydrogen-bond donors (Lipinski definition) is 1. The van der Waals surface area contributed by atoms with E-state index < -0.39 is 20.1 Å². The average Bonchev–Trinajstić information content (AvgIpc) is 2.66. The SMILES string of the molecule is F[P+](F)(F)C(C(=S)S)=P(c1ccccc1)(c1ccccc1)c1ccccc1. The number of thiol groups is 1. The fraction of sp³-hybridized carbons (Fsp3) is 0. The van der Waals surface area contributed by atoms with Crippen molar-refractivity contribution in [2.24, 2.45) is 0 Å². The molecule has 0 aromatic heterocycles. The van der Waals surface area contributed by atoms with E-state index in [1.807, 2.05) is 0 Å². The largest absolute Gasteiger partial charge is 0.604 e. The van der Waals surface area contributed by atoms with Gasteiger partial charge in [0.15, 0.2) is 0 Å². The fourth-order valence-electron chi connectivity index (χ4n) is 3.19. The van der Waals surface area contributed by atoms with Crippen LogP contribution in [0.5, 0.6) is 0 Å². The molecule has 0 radical (unpaired) electrons.